The molecule has 0 aromatic rings. The second kappa shape index (κ2) is 3.51. The fourth-order valence-electron chi connectivity index (χ4n) is 2.22. The lowest BCUT2D eigenvalue weighted by atomic mass is 9.76. The molecule has 0 unspecified atom stereocenters. The Morgan fingerprint density at radius 1 is 1.43 bits per heavy atom. The van der Waals surface area contributed by atoms with E-state index in [1.54, 1.807) is 6.92 Å². The minimum Gasteiger partial charge on any atom is -0.480 e. The molecule has 2 fully saturated rings. The maximum Gasteiger partial charge on any atom is 0.320 e. The number of hydrogen-bond donors (Lipinski definition) is 1. The molecule has 0 aromatic heterocycles. The third-order valence-electron chi connectivity index (χ3n) is 3.58. The molecule has 1 spiro atoms. The predicted octanol–water partition coefficient (Wildman–Crippen LogP) is 0.572. The first-order chi connectivity index (χ1) is 6.63. The van der Waals surface area contributed by atoms with Crippen LogP contribution in [0.5, 0.6) is 0 Å². The van der Waals surface area contributed by atoms with Gasteiger partial charge in [0.05, 0.1) is 13.2 Å². The molecule has 1 atom stereocenters. The maximum absolute atomic E-state index is 10.8. The first-order valence-electron chi connectivity index (χ1n) is 5.18. The molecule has 2 aliphatic rings. The molecule has 2 rings (SSSR count). The average Bonchev–Trinajstić information content (AvgIpc) is 2.14. The number of carboxylic acids is 1. The van der Waals surface area contributed by atoms with Crippen LogP contribution in [0.2, 0.25) is 0 Å². The van der Waals surface area contributed by atoms with E-state index in [1.807, 2.05) is 4.90 Å². The van der Waals surface area contributed by atoms with E-state index in [9.17, 15) is 4.79 Å². The van der Waals surface area contributed by atoms with Crippen molar-refractivity contribution < 1.29 is 14.6 Å². The molecule has 4 heteroatoms. The Labute approximate surface area is 83.8 Å². The minimum atomic E-state index is -0.717. The number of rotatable bonds is 2. The summed E-state index contributed by atoms with van der Waals surface area (Å²) >= 11 is 0. The van der Waals surface area contributed by atoms with Gasteiger partial charge >= 0.3 is 5.97 Å². The molecule has 0 saturated carbocycles. The van der Waals surface area contributed by atoms with Crippen LogP contribution in [-0.2, 0) is 9.53 Å². The van der Waals surface area contributed by atoms with Gasteiger partial charge in [0.2, 0.25) is 0 Å². The summed E-state index contributed by atoms with van der Waals surface area (Å²) in [5, 5.41) is 8.87. The Balaban J connectivity index is 1.86. The zero-order valence-electron chi connectivity index (χ0n) is 8.53. The Kier molecular flexibility index (Phi) is 2.49. The van der Waals surface area contributed by atoms with Crippen LogP contribution in [-0.4, -0.2) is 48.3 Å². The van der Waals surface area contributed by atoms with E-state index in [0.717, 1.165) is 39.1 Å². The number of ether oxygens (including phenoxy) is 1. The zero-order chi connectivity index (χ0) is 10.2. The molecule has 0 aliphatic carbocycles. The second-order valence-electron chi connectivity index (χ2n) is 4.54. The largest absolute Gasteiger partial charge is 0.480 e. The van der Waals surface area contributed by atoms with Crippen LogP contribution in [0, 0.1) is 5.41 Å². The van der Waals surface area contributed by atoms with Crippen molar-refractivity contribution in [2.75, 3.05) is 26.3 Å². The first kappa shape index (κ1) is 9.93. The fraction of sp³-hybridized carbons (Fsp3) is 0.900. The zero-order valence-corrected chi connectivity index (χ0v) is 8.53. The SMILES string of the molecule is C[C@@H](C(=O)O)N1CCC2(CC1)COC2. The number of carbonyl (C=O) groups is 1. The van der Waals surface area contributed by atoms with E-state index in [-0.39, 0.29) is 6.04 Å². The Bertz CT molecular complexity index is 228. The molecular formula is C10H17NO3. The van der Waals surface area contributed by atoms with Crippen molar-refractivity contribution in [1.82, 2.24) is 4.90 Å². The van der Waals surface area contributed by atoms with Crippen LogP contribution >= 0.6 is 0 Å². The van der Waals surface area contributed by atoms with Gasteiger partial charge in [0, 0.05) is 5.41 Å². The van der Waals surface area contributed by atoms with Gasteiger partial charge in [-0.15, -0.1) is 0 Å². The summed E-state index contributed by atoms with van der Waals surface area (Å²) in [5.74, 6) is -0.717. The smallest absolute Gasteiger partial charge is 0.320 e. The molecule has 1 N–H and O–H groups in total. The molecule has 14 heavy (non-hydrogen) atoms. The lowest BCUT2D eigenvalue weighted by Crippen LogP contribution is -2.53. The molecule has 0 aromatic carbocycles. The molecule has 0 bridgehead atoms. The molecule has 2 saturated heterocycles. The van der Waals surface area contributed by atoms with Crippen molar-refractivity contribution in [3.8, 4) is 0 Å². The normalized spacial score (nSPS) is 28.4. The van der Waals surface area contributed by atoms with Gasteiger partial charge in [0.15, 0.2) is 0 Å². The third kappa shape index (κ3) is 1.64. The van der Waals surface area contributed by atoms with Crippen molar-refractivity contribution in [1.29, 1.82) is 0 Å². The summed E-state index contributed by atoms with van der Waals surface area (Å²) in [5.41, 5.74) is 0.398. The van der Waals surface area contributed by atoms with Crippen LogP contribution in [0.25, 0.3) is 0 Å². The molecule has 4 nitrogen and oxygen atoms in total. The Morgan fingerprint density at radius 2 is 2.00 bits per heavy atom. The topological polar surface area (TPSA) is 49.8 Å². The monoisotopic (exact) mass is 199 g/mol. The number of aliphatic carboxylic acids is 1. The van der Waals surface area contributed by atoms with Crippen molar-refractivity contribution in [3.05, 3.63) is 0 Å². The number of carboxylic acid groups (broad SMARTS) is 1. The first-order valence-corrected chi connectivity index (χ1v) is 5.18. The summed E-state index contributed by atoms with van der Waals surface area (Å²) in [4.78, 5) is 12.8. The quantitative estimate of drug-likeness (QED) is 0.706. The highest BCUT2D eigenvalue weighted by Crippen LogP contribution is 2.38. The highest BCUT2D eigenvalue weighted by atomic mass is 16.5. The maximum atomic E-state index is 10.8. The summed E-state index contributed by atoms with van der Waals surface area (Å²) in [7, 11) is 0. The summed E-state index contributed by atoms with van der Waals surface area (Å²) in [6, 6.07) is -0.339. The van der Waals surface area contributed by atoms with Gasteiger partial charge in [0.1, 0.15) is 6.04 Å². The van der Waals surface area contributed by atoms with Crippen LogP contribution in [0.3, 0.4) is 0 Å². The molecule has 80 valence electrons. The minimum absolute atomic E-state index is 0.339. The van der Waals surface area contributed by atoms with E-state index >= 15 is 0 Å². The van der Waals surface area contributed by atoms with Crippen molar-refractivity contribution in [2.24, 2.45) is 5.41 Å². The van der Waals surface area contributed by atoms with Gasteiger partial charge in [-0.1, -0.05) is 0 Å². The molecule has 0 radical (unpaired) electrons. The van der Waals surface area contributed by atoms with Gasteiger partial charge in [-0.05, 0) is 32.9 Å². The van der Waals surface area contributed by atoms with Gasteiger partial charge in [-0.3, -0.25) is 9.69 Å². The molecule has 0 amide bonds. The predicted molar refractivity (Wildman–Crippen MR) is 51.2 cm³/mol. The van der Waals surface area contributed by atoms with E-state index in [2.05, 4.69) is 0 Å². The van der Waals surface area contributed by atoms with Gasteiger partial charge in [-0.2, -0.15) is 0 Å². The molecule has 2 aliphatic heterocycles. The van der Waals surface area contributed by atoms with Crippen molar-refractivity contribution in [3.63, 3.8) is 0 Å². The lowest BCUT2D eigenvalue weighted by Gasteiger charge is -2.48. The molecule has 2 heterocycles. The van der Waals surface area contributed by atoms with Crippen molar-refractivity contribution >= 4 is 5.97 Å². The highest BCUT2D eigenvalue weighted by Gasteiger charge is 2.42. The average molecular weight is 199 g/mol. The van der Waals surface area contributed by atoms with Gasteiger partial charge < -0.3 is 9.84 Å². The summed E-state index contributed by atoms with van der Waals surface area (Å²) in [6.45, 7) is 5.32. The standard InChI is InChI=1S/C10H17NO3/c1-8(9(12)13)11-4-2-10(3-5-11)6-14-7-10/h8H,2-7H2,1H3,(H,12,13)/t8-/m0/s1. The number of piperidine rings is 1. The number of hydrogen-bond acceptors (Lipinski definition) is 3. The Hall–Kier alpha value is -0.610. The van der Waals surface area contributed by atoms with Gasteiger partial charge in [-0.25, -0.2) is 0 Å². The second-order valence-corrected chi connectivity index (χ2v) is 4.54. The van der Waals surface area contributed by atoms with E-state index < -0.39 is 5.97 Å². The third-order valence-corrected chi connectivity index (χ3v) is 3.58. The summed E-state index contributed by atoms with van der Waals surface area (Å²) in [6.07, 6.45) is 2.18. The van der Waals surface area contributed by atoms with Crippen LogP contribution in [0.1, 0.15) is 19.8 Å². The van der Waals surface area contributed by atoms with Crippen LogP contribution in [0.4, 0.5) is 0 Å². The number of nitrogens with zero attached hydrogens (tertiary/aromatic N) is 1. The van der Waals surface area contributed by atoms with Crippen LogP contribution < -0.4 is 0 Å². The van der Waals surface area contributed by atoms with Crippen molar-refractivity contribution in [2.45, 2.75) is 25.8 Å². The highest BCUT2D eigenvalue weighted by molar-refractivity contribution is 5.72. The van der Waals surface area contributed by atoms with E-state index in [0.29, 0.717) is 5.41 Å². The van der Waals surface area contributed by atoms with Crippen LogP contribution in [0.15, 0.2) is 0 Å². The van der Waals surface area contributed by atoms with E-state index in [4.69, 9.17) is 9.84 Å². The molecular weight excluding hydrogens is 182 g/mol. The summed E-state index contributed by atoms with van der Waals surface area (Å²) < 4.78 is 5.22. The number of likely N-dealkylation sites (tertiary alicyclic amines) is 1. The fourth-order valence-corrected chi connectivity index (χ4v) is 2.22. The lowest BCUT2D eigenvalue weighted by molar-refractivity contribution is -0.154. The Morgan fingerprint density at radius 3 is 2.36 bits per heavy atom. The van der Waals surface area contributed by atoms with Gasteiger partial charge in [0.25, 0.3) is 0 Å². The van der Waals surface area contributed by atoms with E-state index in [1.165, 1.54) is 0 Å².